The maximum absolute atomic E-state index is 5.90. The highest BCUT2D eigenvalue weighted by molar-refractivity contribution is 5.42. The van der Waals surface area contributed by atoms with E-state index >= 15 is 0 Å². The molecule has 1 atom stereocenters. The molecule has 3 aromatic rings. The molecule has 126 valence electrons. The Bertz CT molecular complexity index is 842. The second-order valence-corrected chi connectivity index (χ2v) is 5.40. The van der Waals surface area contributed by atoms with E-state index < -0.39 is 0 Å². The third-order valence-electron chi connectivity index (χ3n) is 3.60. The molecule has 0 saturated heterocycles. The second-order valence-electron chi connectivity index (χ2n) is 5.40. The second kappa shape index (κ2) is 7.09. The molecule has 0 amide bonds. The number of fused-ring (bicyclic) bond motifs is 1. The van der Waals surface area contributed by atoms with E-state index in [0.29, 0.717) is 30.6 Å². The van der Waals surface area contributed by atoms with Gasteiger partial charge in [-0.3, -0.25) is 4.98 Å². The summed E-state index contributed by atoms with van der Waals surface area (Å²) < 4.78 is 23.2. The summed E-state index contributed by atoms with van der Waals surface area (Å²) in [5, 5.41) is 0. The quantitative estimate of drug-likeness (QED) is 0.711. The van der Waals surface area contributed by atoms with Gasteiger partial charge in [0.2, 0.25) is 5.88 Å². The molecule has 4 rings (SSSR count). The van der Waals surface area contributed by atoms with Gasteiger partial charge in [-0.25, -0.2) is 4.98 Å². The first-order valence-corrected chi connectivity index (χ1v) is 7.93. The van der Waals surface area contributed by atoms with E-state index in [1.807, 2.05) is 48.5 Å². The number of hydrogen-bond acceptors (Lipinski definition) is 6. The number of nitrogens with zero attached hydrogens (tertiary/aromatic N) is 2. The Morgan fingerprint density at radius 3 is 2.60 bits per heavy atom. The van der Waals surface area contributed by atoms with E-state index in [1.165, 1.54) is 0 Å². The van der Waals surface area contributed by atoms with Gasteiger partial charge in [0.1, 0.15) is 13.2 Å². The summed E-state index contributed by atoms with van der Waals surface area (Å²) in [6, 6.07) is 15.0. The Morgan fingerprint density at radius 2 is 1.76 bits per heavy atom. The summed E-state index contributed by atoms with van der Waals surface area (Å²) in [6.07, 6.45) is 4.52. The highest BCUT2D eigenvalue weighted by Crippen LogP contribution is 2.33. The molecule has 1 aliphatic rings. The van der Waals surface area contributed by atoms with E-state index in [9.17, 15) is 0 Å². The lowest BCUT2D eigenvalue weighted by Gasteiger charge is -2.26. The van der Waals surface area contributed by atoms with Crippen molar-refractivity contribution in [1.29, 1.82) is 0 Å². The Kier molecular flexibility index (Phi) is 4.33. The molecule has 2 heterocycles. The van der Waals surface area contributed by atoms with Crippen LogP contribution in [0.15, 0.2) is 67.1 Å². The lowest BCUT2D eigenvalue weighted by atomic mass is 10.2. The highest BCUT2D eigenvalue weighted by Gasteiger charge is 2.21. The van der Waals surface area contributed by atoms with Crippen LogP contribution in [0, 0.1) is 0 Å². The normalized spacial score (nSPS) is 15.4. The monoisotopic (exact) mass is 336 g/mol. The number of para-hydroxylation sites is 4. The third-order valence-corrected chi connectivity index (χ3v) is 3.60. The van der Waals surface area contributed by atoms with Crippen LogP contribution in [0.5, 0.6) is 28.9 Å². The number of aromatic nitrogens is 2. The maximum atomic E-state index is 5.90. The zero-order chi connectivity index (χ0) is 16.9. The van der Waals surface area contributed by atoms with Gasteiger partial charge in [0, 0.05) is 12.4 Å². The molecule has 6 heteroatoms. The topological polar surface area (TPSA) is 62.7 Å². The summed E-state index contributed by atoms with van der Waals surface area (Å²) >= 11 is 0. The summed E-state index contributed by atoms with van der Waals surface area (Å²) in [7, 11) is 0. The number of benzene rings is 2. The first kappa shape index (κ1) is 15.3. The summed E-state index contributed by atoms with van der Waals surface area (Å²) in [6.45, 7) is 0.777. The molecular weight excluding hydrogens is 320 g/mol. The molecule has 0 bridgehead atoms. The molecule has 0 aliphatic carbocycles. The van der Waals surface area contributed by atoms with Crippen LogP contribution in [-0.4, -0.2) is 29.3 Å². The maximum Gasteiger partial charge on any atom is 0.238 e. The minimum absolute atomic E-state index is 0.195. The van der Waals surface area contributed by atoms with Crippen LogP contribution >= 0.6 is 0 Å². The fourth-order valence-corrected chi connectivity index (χ4v) is 2.43. The predicted molar refractivity (Wildman–Crippen MR) is 90.4 cm³/mol. The average molecular weight is 336 g/mol. The van der Waals surface area contributed by atoms with Crippen molar-refractivity contribution in [2.45, 2.75) is 6.10 Å². The van der Waals surface area contributed by atoms with Gasteiger partial charge in [0.15, 0.2) is 29.1 Å². The van der Waals surface area contributed by atoms with Crippen molar-refractivity contribution in [3.05, 3.63) is 67.1 Å². The number of rotatable bonds is 5. The van der Waals surface area contributed by atoms with Gasteiger partial charge in [-0.2, -0.15) is 0 Å². The van der Waals surface area contributed by atoms with Gasteiger partial charge in [-0.15, -0.1) is 0 Å². The molecule has 6 nitrogen and oxygen atoms in total. The van der Waals surface area contributed by atoms with Gasteiger partial charge in [0.25, 0.3) is 0 Å². The van der Waals surface area contributed by atoms with Crippen molar-refractivity contribution in [1.82, 2.24) is 9.97 Å². The highest BCUT2D eigenvalue weighted by atomic mass is 16.6. The van der Waals surface area contributed by atoms with Crippen LogP contribution in [0.25, 0.3) is 0 Å². The standard InChI is InChI=1S/C19H16N2O4/c1-3-7-17-15(5-1)22-12-14(24-17)13-23-16-6-2-4-8-18(16)25-19-11-20-9-10-21-19/h1-11,14H,12-13H2. The van der Waals surface area contributed by atoms with Crippen LogP contribution in [0.1, 0.15) is 0 Å². The van der Waals surface area contributed by atoms with E-state index in [2.05, 4.69) is 9.97 Å². The lowest BCUT2D eigenvalue weighted by Crippen LogP contribution is -2.34. The van der Waals surface area contributed by atoms with E-state index in [0.717, 1.165) is 11.5 Å². The van der Waals surface area contributed by atoms with Gasteiger partial charge < -0.3 is 18.9 Å². The zero-order valence-corrected chi connectivity index (χ0v) is 13.4. The molecule has 0 fully saturated rings. The summed E-state index contributed by atoms with van der Waals surface area (Å²) in [4.78, 5) is 8.09. The summed E-state index contributed by atoms with van der Waals surface area (Å²) in [5.41, 5.74) is 0. The van der Waals surface area contributed by atoms with Gasteiger partial charge >= 0.3 is 0 Å². The van der Waals surface area contributed by atoms with Crippen molar-refractivity contribution < 1.29 is 18.9 Å². The number of ether oxygens (including phenoxy) is 4. The van der Waals surface area contributed by atoms with Gasteiger partial charge in [0.05, 0.1) is 6.20 Å². The molecule has 2 aromatic carbocycles. The minimum atomic E-state index is -0.195. The number of hydrogen-bond donors (Lipinski definition) is 0. The van der Waals surface area contributed by atoms with Crippen molar-refractivity contribution in [2.24, 2.45) is 0 Å². The minimum Gasteiger partial charge on any atom is -0.486 e. The van der Waals surface area contributed by atoms with E-state index in [-0.39, 0.29) is 6.10 Å². The SMILES string of the molecule is c1ccc(Oc2cnccn2)c(OCC2COc3ccccc3O2)c1. The van der Waals surface area contributed by atoms with E-state index in [4.69, 9.17) is 18.9 Å². The Hall–Kier alpha value is -3.28. The molecule has 0 spiro atoms. The molecule has 0 saturated carbocycles. The van der Waals surface area contributed by atoms with Gasteiger partial charge in [-0.1, -0.05) is 24.3 Å². The van der Waals surface area contributed by atoms with Crippen LogP contribution < -0.4 is 18.9 Å². The van der Waals surface area contributed by atoms with Crippen LogP contribution in [0.3, 0.4) is 0 Å². The Morgan fingerprint density at radius 1 is 0.960 bits per heavy atom. The van der Waals surface area contributed by atoms with Gasteiger partial charge in [-0.05, 0) is 24.3 Å². The van der Waals surface area contributed by atoms with Crippen LogP contribution in [-0.2, 0) is 0 Å². The third kappa shape index (κ3) is 3.63. The van der Waals surface area contributed by atoms with Crippen molar-refractivity contribution in [3.8, 4) is 28.9 Å². The molecule has 25 heavy (non-hydrogen) atoms. The van der Waals surface area contributed by atoms with Crippen LogP contribution in [0.4, 0.5) is 0 Å². The predicted octanol–water partition coefficient (Wildman–Crippen LogP) is 3.49. The Labute approximate surface area is 145 Å². The molecule has 1 aliphatic heterocycles. The zero-order valence-electron chi connectivity index (χ0n) is 13.4. The molecule has 1 aromatic heterocycles. The van der Waals surface area contributed by atoms with Crippen LogP contribution in [0.2, 0.25) is 0 Å². The first-order chi connectivity index (χ1) is 12.4. The fourth-order valence-electron chi connectivity index (χ4n) is 2.43. The van der Waals surface area contributed by atoms with Crippen molar-refractivity contribution in [2.75, 3.05) is 13.2 Å². The molecule has 0 N–H and O–H groups in total. The van der Waals surface area contributed by atoms with E-state index in [1.54, 1.807) is 18.6 Å². The average Bonchev–Trinajstić information content (AvgIpc) is 2.68. The molecule has 0 radical (unpaired) electrons. The molecular formula is C19H16N2O4. The first-order valence-electron chi connectivity index (χ1n) is 7.93. The molecule has 1 unspecified atom stereocenters. The Balaban J connectivity index is 1.42. The van der Waals surface area contributed by atoms with Crippen molar-refractivity contribution in [3.63, 3.8) is 0 Å². The smallest absolute Gasteiger partial charge is 0.238 e. The van der Waals surface area contributed by atoms with Crippen molar-refractivity contribution >= 4 is 0 Å². The largest absolute Gasteiger partial charge is 0.486 e. The fraction of sp³-hybridized carbons (Fsp3) is 0.158. The summed E-state index contributed by atoms with van der Waals surface area (Å²) in [5.74, 6) is 3.07. The lowest BCUT2D eigenvalue weighted by molar-refractivity contribution is 0.0529.